The summed E-state index contributed by atoms with van der Waals surface area (Å²) in [4.78, 5) is 0. The Labute approximate surface area is 210 Å². The van der Waals surface area contributed by atoms with Crippen LogP contribution in [0.1, 0.15) is 34.1 Å². The molecule has 1 unspecified atom stereocenters. The standard InChI is InChI=1S/C12H10Si.C9H13.C5H5.2ClH.Hf/c1-3-7-11(8-4-1)13-12-9-5-2-6-10-12;1-6-5-7(2)9(4)8(6)3;1-2-4-5-3-1;;;/h1-10H;6H,1-4H3;1-3H,4H2;2*1H;/q;2*-1;;;+2/p-2. The summed E-state index contributed by atoms with van der Waals surface area (Å²) in [6.07, 6.45) is 13.4. The molecule has 156 valence electrons. The van der Waals surface area contributed by atoms with E-state index in [1.54, 1.807) is 0 Å². The fraction of sp³-hybridized carbons (Fsp3) is 0.231. The van der Waals surface area contributed by atoms with Crippen molar-refractivity contribution in [3.05, 3.63) is 108 Å². The third-order valence-corrected chi connectivity index (χ3v) is 13.0. The molecule has 1 atom stereocenters. The first-order valence-corrected chi connectivity index (χ1v) is 16.6. The van der Waals surface area contributed by atoms with Crippen LogP contribution in [0.4, 0.5) is 0 Å². The van der Waals surface area contributed by atoms with Gasteiger partial charge in [0.25, 0.3) is 0 Å². The molecule has 0 N–H and O–H groups in total. The molecule has 0 heterocycles. The van der Waals surface area contributed by atoms with Crippen LogP contribution in [0.2, 0.25) is 0 Å². The fourth-order valence-electron chi connectivity index (χ4n) is 2.88. The molecule has 4 heteroatoms. The van der Waals surface area contributed by atoms with E-state index in [1.807, 2.05) is 12.2 Å². The van der Waals surface area contributed by atoms with Crippen molar-refractivity contribution < 1.29 is 47.8 Å². The third kappa shape index (κ3) is 9.47. The van der Waals surface area contributed by atoms with Crippen molar-refractivity contribution in [2.24, 2.45) is 5.92 Å². The van der Waals surface area contributed by atoms with Gasteiger partial charge in [-0.2, -0.15) is 17.2 Å². The van der Waals surface area contributed by atoms with Gasteiger partial charge >= 0.3 is 99.5 Å². The van der Waals surface area contributed by atoms with E-state index in [4.69, 9.17) is 0 Å². The number of rotatable bonds is 2. The van der Waals surface area contributed by atoms with Crippen molar-refractivity contribution >= 4 is 15.9 Å². The zero-order chi connectivity index (χ0) is 20.4. The van der Waals surface area contributed by atoms with E-state index >= 15 is 0 Å². The van der Waals surface area contributed by atoms with Gasteiger partial charge < -0.3 is 24.8 Å². The number of halogens is 2. The molecular weight excluding hydrogens is 590 g/mol. The molecular formula is C26H28Cl2HfSi-2. The first-order valence-electron chi connectivity index (χ1n) is 9.69. The number of allylic oxidation sites excluding steroid dienone is 8. The van der Waals surface area contributed by atoms with Gasteiger partial charge in [0.15, 0.2) is 0 Å². The normalized spacial score (nSPS) is 15.7. The molecule has 0 bridgehead atoms. The zero-order valence-electron chi connectivity index (χ0n) is 18.0. The fourth-order valence-corrected chi connectivity index (χ4v) is 7.86. The number of hydrogen-bond donors (Lipinski definition) is 0. The molecule has 30 heavy (non-hydrogen) atoms. The average Bonchev–Trinajstić information content (AvgIpc) is 3.39. The minimum absolute atomic E-state index is 0. The molecule has 0 saturated heterocycles. The van der Waals surface area contributed by atoms with Crippen LogP contribution in [0, 0.1) is 18.1 Å². The molecule has 0 spiro atoms. The van der Waals surface area contributed by atoms with Crippen LogP contribution >= 0.6 is 0 Å². The maximum atomic E-state index is 3.36. The summed E-state index contributed by atoms with van der Waals surface area (Å²) in [7, 11) is 0. The van der Waals surface area contributed by atoms with Gasteiger partial charge in [-0.15, -0.1) is 13.3 Å². The van der Waals surface area contributed by atoms with Crippen LogP contribution in [0.25, 0.3) is 0 Å². The van der Waals surface area contributed by atoms with Crippen molar-refractivity contribution in [2.45, 2.75) is 34.1 Å². The topological polar surface area (TPSA) is 0 Å². The Kier molecular flexibility index (Phi) is 15.3. The van der Waals surface area contributed by atoms with E-state index < -0.39 is 5.49 Å². The Morgan fingerprint density at radius 2 is 1.37 bits per heavy atom. The van der Waals surface area contributed by atoms with Crippen molar-refractivity contribution in [1.29, 1.82) is 0 Å². The van der Waals surface area contributed by atoms with Gasteiger partial charge in [0.05, 0.1) is 0 Å². The molecule has 0 amide bonds. The molecule has 0 aromatic heterocycles. The summed E-state index contributed by atoms with van der Waals surface area (Å²) in [5.41, 5.74) is 3.84. The summed E-state index contributed by atoms with van der Waals surface area (Å²) in [6.45, 7) is 8.67. The summed E-state index contributed by atoms with van der Waals surface area (Å²) in [5, 5.41) is 3.07. The van der Waals surface area contributed by atoms with Gasteiger partial charge in [-0.05, 0) is 0 Å². The van der Waals surface area contributed by atoms with Gasteiger partial charge in [0.2, 0.25) is 0 Å². The van der Waals surface area contributed by atoms with Crippen molar-refractivity contribution in [1.82, 2.24) is 0 Å². The first kappa shape index (κ1) is 29.1. The summed E-state index contributed by atoms with van der Waals surface area (Å²) < 4.78 is 0. The molecule has 4 rings (SSSR count). The Balaban J connectivity index is 0.000000454. The van der Waals surface area contributed by atoms with Gasteiger partial charge in [0, 0.05) is 0 Å². The second kappa shape index (κ2) is 15.8. The van der Waals surface area contributed by atoms with E-state index in [1.165, 1.54) is 50.1 Å². The Hall–Kier alpha value is -0.933. The quantitative estimate of drug-likeness (QED) is 0.312. The van der Waals surface area contributed by atoms with Crippen LogP contribution in [-0.2, 0) is 23.0 Å². The van der Waals surface area contributed by atoms with Crippen LogP contribution in [0.5, 0.6) is 0 Å². The van der Waals surface area contributed by atoms with Crippen LogP contribution < -0.4 is 35.2 Å². The van der Waals surface area contributed by atoms with Crippen molar-refractivity contribution in [3.63, 3.8) is 0 Å². The Morgan fingerprint density at radius 1 is 0.867 bits per heavy atom. The number of benzene rings is 2. The van der Waals surface area contributed by atoms with E-state index in [0.29, 0.717) is 5.92 Å². The molecule has 2 aliphatic carbocycles. The molecule has 0 aliphatic heterocycles. The SMILES string of the molecule is CC1=[C-]C(C)C(C)=C1C.[C-]1=CC=CC1.[Cl-].[Cl-].[Hf+2]=[Si](c1ccccc1)c1ccccc1. The van der Waals surface area contributed by atoms with Gasteiger partial charge in [-0.1, -0.05) is 26.7 Å². The van der Waals surface area contributed by atoms with E-state index in [0.717, 1.165) is 6.42 Å². The van der Waals surface area contributed by atoms with Crippen LogP contribution in [-0.4, -0.2) is 5.49 Å². The number of hydrogen-bond acceptors (Lipinski definition) is 0. The second-order valence-corrected chi connectivity index (χ2v) is 14.2. The van der Waals surface area contributed by atoms with Crippen molar-refractivity contribution in [2.75, 3.05) is 0 Å². The third-order valence-electron chi connectivity index (χ3n) is 4.95. The Morgan fingerprint density at radius 3 is 1.60 bits per heavy atom. The second-order valence-electron chi connectivity index (χ2n) is 6.91. The summed E-state index contributed by atoms with van der Waals surface area (Å²) >= 11 is 1.27. The molecule has 0 saturated carbocycles. The molecule has 2 aliphatic rings. The van der Waals surface area contributed by atoms with Gasteiger partial charge in [0.1, 0.15) is 0 Å². The van der Waals surface area contributed by atoms with Gasteiger partial charge in [-0.3, -0.25) is 12.2 Å². The predicted molar refractivity (Wildman–Crippen MR) is 119 cm³/mol. The maximum absolute atomic E-state index is 3.36. The molecule has 0 radical (unpaired) electrons. The van der Waals surface area contributed by atoms with E-state index in [-0.39, 0.29) is 24.8 Å². The minimum atomic E-state index is -0.406. The first-order chi connectivity index (χ1) is 13.5. The molecule has 2 aromatic carbocycles. The molecule has 2 aromatic rings. The predicted octanol–water partition coefficient (Wildman–Crippen LogP) is -0.625. The van der Waals surface area contributed by atoms with E-state index in [2.05, 4.69) is 107 Å². The van der Waals surface area contributed by atoms with Crippen LogP contribution in [0.15, 0.2) is 95.6 Å². The zero-order valence-corrected chi connectivity index (χ0v) is 24.2. The molecule has 0 fully saturated rings. The van der Waals surface area contributed by atoms with Gasteiger partial charge in [-0.25, -0.2) is 17.7 Å². The van der Waals surface area contributed by atoms with Crippen LogP contribution in [0.3, 0.4) is 0 Å². The summed E-state index contributed by atoms with van der Waals surface area (Å²) in [5.74, 6) is 0.560. The monoisotopic (exact) mass is 618 g/mol. The average molecular weight is 618 g/mol. The Bertz CT molecular complexity index is 846. The summed E-state index contributed by atoms with van der Waals surface area (Å²) in [6, 6.07) is 21.8. The van der Waals surface area contributed by atoms with Crippen molar-refractivity contribution in [3.8, 4) is 0 Å². The molecule has 0 nitrogen and oxygen atoms in total. The van der Waals surface area contributed by atoms with E-state index in [9.17, 15) is 0 Å².